The number of benzene rings is 1. The van der Waals surface area contributed by atoms with Crippen LogP contribution in [-0.4, -0.2) is 76.4 Å². The van der Waals surface area contributed by atoms with Crippen LogP contribution < -0.4 is 22.1 Å². The van der Waals surface area contributed by atoms with Gasteiger partial charge in [0, 0.05) is 17.6 Å². The van der Waals surface area contributed by atoms with Gasteiger partial charge in [-0.25, -0.2) is 9.59 Å². The van der Waals surface area contributed by atoms with Crippen molar-refractivity contribution in [1.82, 2.24) is 10.2 Å². The Balaban J connectivity index is 1.44. The predicted molar refractivity (Wildman–Crippen MR) is 119 cm³/mol. The topological polar surface area (TPSA) is 203 Å². The number of thioether (sulfide) groups is 1. The van der Waals surface area contributed by atoms with Crippen molar-refractivity contribution in [2.24, 2.45) is 11.5 Å². The maximum absolute atomic E-state index is 12.4. The Labute approximate surface area is 197 Å². The Morgan fingerprint density at radius 2 is 1.91 bits per heavy atom. The Kier molecular flexibility index (Phi) is 7.96. The number of amides is 4. The summed E-state index contributed by atoms with van der Waals surface area (Å²) in [6.45, 7) is -0.470. The van der Waals surface area contributed by atoms with Crippen molar-refractivity contribution in [3.8, 4) is 0 Å². The van der Waals surface area contributed by atoms with E-state index in [1.807, 2.05) is 0 Å². The zero-order chi connectivity index (χ0) is 24.8. The van der Waals surface area contributed by atoms with Gasteiger partial charge in [0.25, 0.3) is 5.91 Å². The van der Waals surface area contributed by atoms with Crippen LogP contribution in [0.1, 0.15) is 5.56 Å². The summed E-state index contributed by atoms with van der Waals surface area (Å²) in [5, 5.41) is 13.6. The second kappa shape index (κ2) is 10.9. The lowest BCUT2D eigenvalue weighted by Gasteiger charge is -2.47. The molecule has 4 amide bonds. The molecule has 182 valence electrons. The summed E-state index contributed by atoms with van der Waals surface area (Å²) in [4.78, 5) is 59.3. The fraction of sp³-hybridized carbons (Fsp3) is 0.350. The van der Waals surface area contributed by atoms with E-state index in [1.165, 1.54) is 16.7 Å². The first-order chi connectivity index (χ1) is 16.1. The highest BCUT2D eigenvalue weighted by Gasteiger charge is 2.49. The number of nitrogens with one attached hydrogen (secondary N) is 2. The Morgan fingerprint density at radius 1 is 1.21 bits per heavy atom. The number of hydrogen-bond donors (Lipinski definition) is 5. The zero-order valence-corrected chi connectivity index (χ0v) is 18.6. The molecule has 3 atom stereocenters. The molecular formula is C20H23N5O8S. The monoisotopic (exact) mass is 493 g/mol. The molecule has 0 bridgehead atoms. The fourth-order valence-corrected chi connectivity index (χ4v) is 4.35. The van der Waals surface area contributed by atoms with Gasteiger partial charge in [-0.15, -0.1) is 11.8 Å². The molecule has 1 fully saturated rings. The Hall–Kier alpha value is -3.78. The molecule has 13 nitrogen and oxygen atoms in total. The average Bonchev–Trinajstić information content (AvgIpc) is 2.80. The molecule has 7 N–H and O–H groups in total. The first kappa shape index (κ1) is 24.9. The molecule has 1 saturated heterocycles. The van der Waals surface area contributed by atoms with Gasteiger partial charge < -0.3 is 36.3 Å². The highest BCUT2D eigenvalue weighted by atomic mass is 32.2. The third-order valence-corrected chi connectivity index (χ3v) is 6.21. The van der Waals surface area contributed by atoms with E-state index in [0.717, 1.165) is 5.57 Å². The van der Waals surface area contributed by atoms with Crippen LogP contribution in [-0.2, 0) is 30.3 Å². The molecule has 0 spiro atoms. The number of primary amides is 1. The Bertz CT molecular complexity index is 1010. The number of carbonyl (C=O) groups excluding carboxylic acids is 4. The normalized spacial score (nSPS) is 19.6. The van der Waals surface area contributed by atoms with Crippen LogP contribution in [0, 0.1) is 0 Å². The Morgan fingerprint density at radius 3 is 2.56 bits per heavy atom. The average molecular weight is 493 g/mol. The number of hydrogen-bond acceptors (Lipinski definition) is 9. The lowest BCUT2D eigenvalue weighted by molar-refractivity contribution is -0.144. The molecule has 14 heteroatoms. The van der Waals surface area contributed by atoms with E-state index in [2.05, 4.69) is 10.6 Å². The minimum Gasteiger partial charge on any atom is -0.480 e. The second-order valence-electron chi connectivity index (χ2n) is 7.43. The van der Waals surface area contributed by atoms with E-state index >= 15 is 0 Å². The molecule has 0 radical (unpaired) electrons. The summed E-state index contributed by atoms with van der Waals surface area (Å²) in [6.07, 6.45) is -0.121. The standard InChI is InChI=1S/C20H23N5O8S/c21-13(18(28)29)8-33-20(31)23-12-3-1-10(2-4-12)5-14(26)24-15-16(27)25-6-11(7-32-19(22)30)9-34-17(15)25/h1-4,6,13,15,17H,5,7-9,21H2,(H2,22,30)(H,23,31)(H,24,26)(H,28,29)/t13-,15-,17+/m1/s1. The molecule has 3 rings (SSSR count). The van der Waals surface area contributed by atoms with Gasteiger partial charge in [-0.2, -0.15) is 0 Å². The first-order valence-corrected chi connectivity index (χ1v) is 11.0. The van der Waals surface area contributed by atoms with E-state index in [4.69, 9.17) is 26.0 Å². The minimum absolute atomic E-state index is 0.00824. The highest BCUT2D eigenvalue weighted by molar-refractivity contribution is 8.00. The van der Waals surface area contributed by atoms with E-state index in [0.29, 0.717) is 17.0 Å². The van der Waals surface area contributed by atoms with Gasteiger partial charge in [0.15, 0.2) is 0 Å². The molecule has 2 aliphatic heterocycles. The first-order valence-electron chi connectivity index (χ1n) is 10.00. The summed E-state index contributed by atoms with van der Waals surface area (Å²) in [6, 6.07) is 4.37. The molecule has 0 saturated carbocycles. The number of nitrogens with zero attached hydrogens (tertiary/aromatic N) is 1. The van der Waals surface area contributed by atoms with Crippen LogP contribution in [0.25, 0.3) is 0 Å². The molecule has 2 heterocycles. The van der Waals surface area contributed by atoms with Gasteiger partial charge in [0.2, 0.25) is 5.91 Å². The van der Waals surface area contributed by atoms with Crippen molar-refractivity contribution < 1.29 is 38.6 Å². The molecule has 0 aromatic heterocycles. The molecule has 1 aromatic carbocycles. The lowest BCUT2D eigenvalue weighted by atomic mass is 10.1. The summed E-state index contributed by atoms with van der Waals surface area (Å²) in [5.74, 6) is -1.35. The van der Waals surface area contributed by atoms with Crippen molar-refractivity contribution in [2.75, 3.05) is 24.3 Å². The summed E-state index contributed by atoms with van der Waals surface area (Å²) in [7, 11) is 0. The summed E-state index contributed by atoms with van der Waals surface area (Å²) < 4.78 is 9.46. The molecule has 0 unspecified atom stereocenters. The summed E-state index contributed by atoms with van der Waals surface area (Å²) >= 11 is 1.45. The van der Waals surface area contributed by atoms with Crippen molar-refractivity contribution in [2.45, 2.75) is 23.9 Å². The number of nitrogens with two attached hydrogens (primary N) is 2. The SMILES string of the molecule is NC(=O)OCC1=CN2C(=O)[C@@H](NC(=O)Cc3ccc(NC(=O)OC[C@@H](N)C(=O)O)cc3)[C@@H]2SC1. The van der Waals surface area contributed by atoms with E-state index < -0.39 is 36.8 Å². The lowest BCUT2D eigenvalue weighted by Crippen LogP contribution is -2.68. The van der Waals surface area contributed by atoms with Gasteiger partial charge >= 0.3 is 18.2 Å². The molecular weight excluding hydrogens is 470 g/mol. The second-order valence-corrected chi connectivity index (χ2v) is 8.53. The number of anilines is 1. The quantitative estimate of drug-likeness (QED) is 0.281. The van der Waals surface area contributed by atoms with Crippen LogP contribution in [0.4, 0.5) is 15.3 Å². The van der Waals surface area contributed by atoms with Gasteiger partial charge in [0.05, 0.1) is 6.42 Å². The number of carboxylic acids is 1. The number of β-lactam (4-membered cyclic amide) rings is 1. The van der Waals surface area contributed by atoms with Crippen LogP contribution in [0.15, 0.2) is 36.0 Å². The number of carbonyl (C=O) groups is 5. The maximum atomic E-state index is 12.4. The van der Waals surface area contributed by atoms with Crippen molar-refractivity contribution in [3.05, 3.63) is 41.6 Å². The van der Waals surface area contributed by atoms with Crippen LogP contribution >= 0.6 is 11.8 Å². The largest absolute Gasteiger partial charge is 0.480 e. The predicted octanol–water partition coefficient (Wildman–Crippen LogP) is -0.431. The van der Waals surface area contributed by atoms with Crippen molar-refractivity contribution in [1.29, 1.82) is 0 Å². The van der Waals surface area contributed by atoms with E-state index in [-0.39, 0.29) is 30.2 Å². The van der Waals surface area contributed by atoms with Crippen molar-refractivity contribution in [3.63, 3.8) is 0 Å². The van der Waals surface area contributed by atoms with Crippen molar-refractivity contribution >= 4 is 47.4 Å². The van der Waals surface area contributed by atoms with Gasteiger partial charge in [-0.1, -0.05) is 12.1 Å². The smallest absolute Gasteiger partial charge is 0.411 e. The molecule has 1 aromatic rings. The molecule has 2 aliphatic rings. The third kappa shape index (κ3) is 6.39. The number of carboxylic acid groups (broad SMARTS) is 1. The van der Waals surface area contributed by atoms with E-state index in [1.54, 1.807) is 30.5 Å². The number of aliphatic carboxylic acids is 1. The minimum atomic E-state index is -1.32. The number of ether oxygens (including phenoxy) is 2. The molecule has 0 aliphatic carbocycles. The van der Waals surface area contributed by atoms with E-state index in [9.17, 15) is 24.0 Å². The van der Waals surface area contributed by atoms with Gasteiger partial charge in [-0.3, -0.25) is 19.7 Å². The number of rotatable bonds is 9. The number of fused-ring (bicyclic) bond motifs is 1. The van der Waals surface area contributed by atoms with Gasteiger partial charge in [0.1, 0.15) is 30.7 Å². The fourth-order valence-electron chi connectivity index (χ4n) is 3.11. The third-order valence-electron chi connectivity index (χ3n) is 4.83. The van der Waals surface area contributed by atoms with Crippen LogP contribution in [0.2, 0.25) is 0 Å². The summed E-state index contributed by atoms with van der Waals surface area (Å²) in [5.41, 5.74) is 12.0. The van der Waals surface area contributed by atoms with Crippen LogP contribution in [0.5, 0.6) is 0 Å². The highest BCUT2D eigenvalue weighted by Crippen LogP contribution is 2.36. The zero-order valence-electron chi connectivity index (χ0n) is 17.8. The maximum Gasteiger partial charge on any atom is 0.411 e. The van der Waals surface area contributed by atoms with Crippen LogP contribution in [0.3, 0.4) is 0 Å². The molecule has 34 heavy (non-hydrogen) atoms. The van der Waals surface area contributed by atoms with Gasteiger partial charge in [-0.05, 0) is 23.3 Å².